The average Bonchev–Trinajstić information content (AvgIpc) is 3.79. The Labute approximate surface area is 496 Å². The minimum absolute atomic E-state index is 0.122. The Balaban J connectivity index is 0.822. The molecule has 2 aliphatic heterocycles. The van der Waals surface area contributed by atoms with Crippen LogP contribution in [0.3, 0.4) is 0 Å². The van der Waals surface area contributed by atoms with Gasteiger partial charge in [0.15, 0.2) is 11.6 Å². The number of aromatic nitrogens is 2. The number of halogens is 2. The van der Waals surface area contributed by atoms with Crippen molar-refractivity contribution < 1.29 is 47.1 Å². The van der Waals surface area contributed by atoms with E-state index in [4.69, 9.17) is 0 Å². The molecule has 2 aliphatic rings. The quantitative estimate of drug-likeness (QED) is 0.0358. The van der Waals surface area contributed by atoms with Gasteiger partial charge in [-0.15, -0.1) is 0 Å². The average molecular weight is 1170 g/mol. The van der Waals surface area contributed by atoms with Crippen LogP contribution in [0.25, 0.3) is 0 Å². The second-order valence-electron chi connectivity index (χ2n) is 21.5. The number of benzene rings is 5. The summed E-state index contributed by atoms with van der Waals surface area (Å²) in [6.07, 6.45) is 8.92. The van der Waals surface area contributed by atoms with Gasteiger partial charge < -0.3 is 41.7 Å². The first kappa shape index (κ1) is 60.9. The third-order valence-corrected chi connectivity index (χ3v) is 15.7. The first-order chi connectivity index (χ1) is 41.5. The normalized spacial score (nSPS) is 16.1. The standard InChI is InChI=1S/C66H66F2N10O8/c1-39(69-3)61(81)75-55(65(85)77-28-6-10-57(77)47-33-49(37-71-35-47)59(79)43-16-20-51(67)21-17-43)30-41-12-24-53(25-13-41)73-63(83)45-8-5-9-46(32-45)64(84)74-54-26-14-42(15-27-54)31-56(76-62(82)40(2)70-4)66(86)78-29-7-11-58(78)48-34-50(38-72-36-48)60(80)44-18-22-52(68)23-19-44/h5,8-9,12-27,32-40,55-58,69-70H,6-7,10-11,28-31H2,1-4H3,(H,73,83)(H,74,84)(H,75,81)(H,76,82)/t39-,40-,55-,56-,57-,58-/m0/s1. The van der Waals surface area contributed by atoms with Crippen LogP contribution in [0.15, 0.2) is 158 Å². The first-order valence-corrected chi connectivity index (χ1v) is 28.4. The van der Waals surface area contributed by atoms with E-state index < -0.39 is 59.7 Å². The Hall–Kier alpha value is -9.66. The molecule has 9 rings (SSSR count). The van der Waals surface area contributed by atoms with E-state index in [2.05, 4.69) is 41.9 Å². The molecule has 2 aromatic heterocycles. The zero-order valence-corrected chi connectivity index (χ0v) is 47.9. The summed E-state index contributed by atoms with van der Waals surface area (Å²) in [5.74, 6) is -3.95. The highest BCUT2D eigenvalue weighted by atomic mass is 19.1. The Morgan fingerprint density at radius 3 is 1.24 bits per heavy atom. The van der Waals surface area contributed by atoms with Crippen LogP contribution in [0, 0.1) is 11.6 Å². The van der Waals surface area contributed by atoms with Gasteiger partial charge in [0.05, 0.1) is 24.2 Å². The zero-order chi connectivity index (χ0) is 61.0. The van der Waals surface area contributed by atoms with Crippen LogP contribution in [0.4, 0.5) is 20.2 Å². The van der Waals surface area contributed by atoms with Crippen molar-refractivity contribution >= 4 is 58.4 Å². The smallest absolute Gasteiger partial charge is 0.255 e. The predicted octanol–water partition coefficient (Wildman–Crippen LogP) is 7.72. The van der Waals surface area contributed by atoms with Crippen molar-refractivity contribution in [1.82, 2.24) is 41.0 Å². The van der Waals surface area contributed by atoms with Crippen molar-refractivity contribution in [2.45, 2.75) is 88.6 Å². The van der Waals surface area contributed by atoms with Crippen LogP contribution in [-0.4, -0.2) is 118 Å². The van der Waals surface area contributed by atoms with Gasteiger partial charge in [-0.2, -0.15) is 0 Å². The molecule has 0 bridgehead atoms. The lowest BCUT2D eigenvalue weighted by Gasteiger charge is -2.30. The maximum Gasteiger partial charge on any atom is 0.255 e. The summed E-state index contributed by atoms with van der Waals surface area (Å²) in [7, 11) is 3.29. The molecule has 18 nitrogen and oxygen atoms in total. The fourth-order valence-electron chi connectivity index (χ4n) is 10.6. The van der Waals surface area contributed by atoms with Crippen molar-refractivity contribution in [3.63, 3.8) is 0 Å². The molecule has 2 fully saturated rings. The fraction of sp³-hybridized carbons (Fsp3) is 0.273. The monoisotopic (exact) mass is 1160 g/mol. The molecule has 6 amide bonds. The summed E-state index contributed by atoms with van der Waals surface area (Å²) >= 11 is 0. The molecular formula is C66H66F2N10O8. The molecule has 6 atom stereocenters. The number of ketones is 2. The summed E-state index contributed by atoms with van der Waals surface area (Å²) < 4.78 is 27.2. The maximum absolute atomic E-state index is 14.5. The van der Waals surface area contributed by atoms with Gasteiger partial charge in [0.25, 0.3) is 11.8 Å². The van der Waals surface area contributed by atoms with E-state index in [1.54, 1.807) is 129 Å². The molecule has 5 aromatic carbocycles. The second-order valence-corrected chi connectivity index (χ2v) is 21.5. The maximum atomic E-state index is 14.5. The van der Waals surface area contributed by atoms with Crippen LogP contribution in [-0.2, 0) is 32.0 Å². The van der Waals surface area contributed by atoms with Crippen molar-refractivity contribution in [2.75, 3.05) is 37.8 Å². The van der Waals surface area contributed by atoms with Gasteiger partial charge in [-0.1, -0.05) is 30.3 Å². The number of amides is 6. The Morgan fingerprint density at radius 1 is 0.488 bits per heavy atom. The minimum Gasteiger partial charge on any atom is -0.343 e. The lowest BCUT2D eigenvalue weighted by molar-refractivity contribution is -0.137. The molecule has 0 spiro atoms. The van der Waals surface area contributed by atoms with E-state index in [0.29, 0.717) is 94.7 Å². The molecule has 0 aliphatic carbocycles. The molecule has 2 saturated heterocycles. The number of likely N-dealkylation sites (N-methyl/N-ethyl adjacent to an activating group) is 2. The van der Waals surface area contributed by atoms with E-state index >= 15 is 0 Å². The number of hydrogen-bond donors (Lipinski definition) is 6. The SMILES string of the molecule is CN[C@@H](C)C(=O)N[C@@H](Cc1ccc(NC(=O)c2cccc(C(=O)Nc3ccc(C[C@H](NC(=O)[C@H](C)NC)C(=O)N4CCC[C@H]4c4cncc(C(=O)c5ccc(F)cc5)c4)cc3)c2)cc1)C(=O)N1CCC[C@H]1c1cncc(C(=O)c2ccc(F)cc2)c1. The van der Waals surface area contributed by atoms with E-state index in [1.165, 1.54) is 67.0 Å². The Kier molecular flexibility index (Phi) is 19.7. The van der Waals surface area contributed by atoms with Crippen molar-refractivity contribution in [2.24, 2.45) is 0 Å². The highest BCUT2D eigenvalue weighted by Crippen LogP contribution is 2.35. The van der Waals surface area contributed by atoms with Crippen LogP contribution in [0.5, 0.6) is 0 Å². The molecule has 0 radical (unpaired) electrons. The molecule has 6 N–H and O–H groups in total. The second kappa shape index (κ2) is 27.8. The zero-order valence-electron chi connectivity index (χ0n) is 47.9. The molecule has 4 heterocycles. The molecule has 442 valence electrons. The Morgan fingerprint density at radius 2 is 0.872 bits per heavy atom. The molecular weight excluding hydrogens is 1100 g/mol. The number of hydrogen-bond acceptors (Lipinski definition) is 12. The van der Waals surface area contributed by atoms with Crippen LogP contribution < -0.4 is 31.9 Å². The summed E-state index contributed by atoms with van der Waals surface area (Å²) in [5.41, 5.74) is 5.19. The van der Waals surface area contributed by atoms with Crippen molar-refractivity contribution in [1.29, 1.82) is 0 Å². The number of pyridine rings is 2. The summed E-state index contributed by atoms with van der Waals surface area (Å²) in [4.78, 5) is 122. The van der Waals surface area contributed by atoms with Gasteiger partial charge in [-0.3, -0.25) is 48.3 Å². The van der Waals surface area contributed by atoms with E-state index in [1.807, 2.05) is 0 Å². The lowest BCUT2D eigenvalue weighted by atomic mass is 9.99. The van der Waals surface area contributed by atoms with Crippen LogP contribution in [0.2, 0.25) is 0 Å². The largest absolute Gasteiger partial charge is 0.343 e. The van der Waals surface area contributed by atoms with Crippen LogP contribution in [0.1, 0.15) is 126 Å². The van der Waals surface area contributed by atoms with Gasteiger partial charge in [-0.25, -0.2) is 8.78 Å². The fourth-order valence-corrected chi connectivity index (χ4v) is 10.6. The number of rotatable bonds is 22. The third kappa shape index (κ3) is 14.8. The van der Waals surface area contributed by atoms with Crippen molar-refractivity contribution in [3.05, 3.63) is 226 Å². The molecule has 7 aromatic rings. The van der Waals surface area contributed by atoms with E-state index in [0.717, 1.165) is 0 Å². The topological polar surface area (TPSA) is 241 Å². The highest BCUT2D eigenvalue weighted by Gasteiger charge is 2.38. The predicted molar refractivity (Wildman–Crippen MR) is 319 cm³/mol. The molecule has 0 unspecified atom stereocenters. The van der Waals surface area contributed by atoms with Gasteiger partial charge >= 0.3 is 0 Å². The number of anilines is 2. The minimum atomic E-state index is -0.973. The number of likely N-dealkylation sites (tertiary alicyclic amines) is 2. The van der Waals surface area contributed by atoms with Gasteiger partial charge in [-0.05, 0) is 179 Å². The van der Waals surface area contributed by atoms with Gasteiger partial charge in [0.2, 0.25) is 23.6 Å². The molecule has 86 heavy (non-hydrogen) atoms. The summed E-state index contributed by atoms with van der Waals surface area (Å²) in [6.45, 7) is 4.19. The van der Waals surface area contributed by atoms with Gasteiger partial charge in [0, 0.05) is 95.5 Å². The number of nitrogens with zero attached hydrogens (tertiary/aromatic N) is 4. The van der Waals surface area contributed by atoms with E-state index in [9.17, 15) is 47.1 Å². The third-order valence-electron chi connectivity index (χ3n) is 15.7. The molecule has 20 heteroatoms. The van der Waals surface area contributed by atoms with Crippen LogP contribution >= 0.6 is 0 Å². The highest BCUT2D eigenvalue weighted by molar-refractivity contribution is 6.10. The van der Waals surface area contributed by atoms with Gasteiger partial charge in [0.1, 0.15) is 23.7 Å². The van der Waals surface area contributed by atoms with Crippen molar-refractivity contribution in [3.8, 4) is 0 Å². The molecule has 0 saturated carbocycles. The number of carbonyl (C=O) groups is 8. The Bertz CT molecular complexity index is 3410. The number of carbonyl (C=O) groups excluding carboxylic acids is 8. The lowest BCUT2D eigenvalue weighted by Crippen LogP contribution is -2.53. The summed E-state index contributed by atoms with van der Waals surface area (Å²) in [6, 6.07) is 29.8. The number of nitrogens with one attached hydrogen (secondary N) is 6. The first-order valence-electron chi connectivity index (χ1n) is 28.4. The summed E-state index contributed by atoms with van der Waals surface area (Å²) in [5, 5.41) is 17.4. The van der Waals surface area contributed by atoms with E-state index in [-0.39, 0.29) is 59.2 Å².